The van der Waals surface area contributed by atoms with E-state index in [0.29, 0.717) is 65.9 Å². The molecule has 0 aliphatic carbocycles. The molecule has 0 aliphatic heterocycles. The summed E-state index contributed by atoms with van der Waals surface area (Å²) >= 11 is 5.80. The molecule has 56 atom stereocenters. The largest absolute Gasteiger partial charge is 0.481 e. The Morgan fingerprint density at radius 2 is 0.504 bits per heavy atom. The lowest BCUT2D eigenvalue weighted by atomic mass is 8.65. The molecule has 108 heteroatoms. The molecule has 0 bridgehead atoms. The third-order valence-corrected chi connectivity index (χ3v) is 483. The van der Waals surface area contributed by atoms with Gasteiger partial charge in [0.25, 0.3) is 0 Å². The van der Waals surface area contributed by atoms with E-state index < -0.39 is 307 Å². The van der Waals surface area contributed by atoms with E-state index in [1.54, 1.807) is 48.5 Å². The van der Waals surface area contributed by atoms with Crippen LogP contribution >= 0.6 is 779 Å². The molecule has 0 aromatic heterocycles. The molecular formula is C15H119B8ClNO3P95. The second-order valence-corrected chi connectivity index (χ2v) is 374. The summed E-state index contributed by atoms with van der Waals surface area (Å²) in [6, 6.07) is 16.4. The van der Waals surface area contributed by atoms with Crippen molar-refractivity contribution in [3.05, 3.63) is 59.1 Å². The zero-order valence-corrected chi connectivity index (χ0v) is 164. The standard InChI is InChI=1S/C15H14ClNO3.B8H105P95/c16-11-4-6-12(7-5-11)20-13-3-1-2-10(8-13)14(17)9-15(18)19;9-61-97(60)68(84(34)35)8(71(102(93(52)53)94(54)55)103(95(56)57)96(58)59)3(7(66(80(26)27)81(28)29)67(82(30)31)83(32)33)1(2(5(62(72(10)11)73(12)13)63(74(14)15)75(16)17)6(64(76(18)19)77(20)21)65(78(22)23)79(24)25)4(69(98(85(36)37)86(38)39)99(87(40)41)88(42)43)70(100(89(44)45)90(46)47)101(91(48)49)92(50)51/h1-8,14H,9,17H2,(H,18,19);61H,9-60H2. The van der Waals surface area contributed by atoms with E-state index >= 15 is 0 Å². The SMILES string of the molecule is NC(CC(=O)O)c1cccc(Oc2ccc(Cl)cc2)c1.PPP(P)P(B(B(B(B(B(P(P(P)P)P(P)P)P(P(P)P)P(P)P)B(P(P(P)P)P(P)P)P(P(P)P)P(P)P)B(P(P(P(P)P)P(P)P)P(P(P)P)P(P)P)P(P(P(P)P)P(P)P)P(P(P)P)P(P)P)B(P(P(P)P)P(P)P)P(P(P)P)P(P)P)P(P(P(P)P)P(P)P)P(P(P)P)P(P)P)P(P)P. The fourth-order valence-corrected chi connectivity index (χ4v) is 817. The summed E-state index contributed by atoms with van der Waals surface area (Å²) in [5, 5.41) is 9.39. The third-order valence-electron chi connectivity index (χ3n) is 14.7. The minimum absolute atomic E-state index is 0.121. The zero-order chi connectivity index (χ0) is 96.1. The molecule has 56 unspecified atom stereocenters. The van der Waals surface area contributed by atoms with Gasteiger partial charge in [0.1, 0.15) is 11.5 Å². The molecule has 4 nitrogen and oxygen atoms in total. The first-order valence-electron chi connectivity index (χ1n) is 31.0. The van der Waals surface area contributed by atoms with E-state index in [1.165, 1.54) is 0 Å². The Hall–Kier alpha value is 39.3. The highest BCUT2D eigenvalue weighted by Gasteiger charge is 2.72. The lowest BCUT2D eigenvalue weighted by Gasteiger charge is -2.61. The number of carboxylic acids is 1. The van der Waals surface area contributed by atoms with Crippen molar-refractivity contribution in [2.45, 2.75) is 12.5 Å². The molecule has 2 rings (SSSR count). The Morgan fingerprint density at radius 3 is 0.691 bits per heavy atom. The molecular weight excluding hydrogens is 3310 g/mol. The number of halogens is 1. The number of carboxylic acid groups (broad SMARTS) is 1. The van der Waals surface area contributed by atoms with Crippen molar-refractivity contribution in [3.63, 3.8) is 0 Å². The number of hydrogen-bond acceptors (Lipinski definition) is 3. The van der Waals surface area contributed by atoms with Gasteiger partial charge in [-0.05, 0) is 266 Å². The van der Waals surface area contributed by atoms with Crippen molar-refractivity contribution in [3.8, 4) is 11.5 Å². The average Bonchev–Trinajstić information content (AvgIpc) is 0.705. The molecule has 2 aromatic carbocycles. The van der Waals surface area contributed by atoms with Crippen LogP contribution in [0.2, 0.25) is 5.02 Å². The normalized spacial score (nSPS) is 14.2. The molecule has 0 radical (unpaired) electrons. The smallest absolute Gasteiger partial charge is 0.305 e. The van der Waals surface area contributed by atoms with E-state index in [-0.39, 0.29) is 6.42 Å². The number of carbonyl (C=O) groups is 1. The quantitative estimate of drug-likeness (QED) is 0.0511. The zero-order valence-electron chi connectivity index (χ0n) is 64.5. The van der Waals surface area contributed by atoms with Crippen LogP contribution in [0, 0.1) is 0 Å². The van der Waals surface area contributed by atoms with Gasteiger partial charge in [-0.1, -0.05) is 103 Å². The number of nitrogens with two attached hydrogens (primary N) is 1. The molecule has 0 amide bonds. The Kier molecular flexibility index (Phi) is 113. The van der Waals surface area contributed by atoms with Crippen LogP contribution in [0.4, 0.5) is 0 Å². The summed E-state index contributed by atoms with van der Waals surface area (Å²) in [6.45, 7) is -16.6. The molecule has 0 spiro atoms. The first-order chi connectivity index (χ1) is 56.4. The molecule has 0 fully saturated rings. The maximum atomic E-state index is 10.7. The fourth-order valence-electron chi connectivity index (χ4n) is 11.1. The highest BCUT2D eigenvalue weighted by Crippen LogP contribution is 3.31. The predicted molar refractivity (Wildman–Crippen MR) is 927 cm³/mol. The van der Waals surface area contributed by atoms with Gasteiger partial charge in [0.2, 0.25) is 0 Å². The second-order valence-electron chi connectivity index (χ2n) is 22.9. The molecule has 0 aliphatic rings. The summed E-state index contributed by atoms with van der Waals surface area (Å²) in [5.41, 5.74) is 6.55. The predicted octanol–water partition coefficient (Wildman–Crippen LogP) is 54.3. The van der Waals surface area contributed by atoms with Crippen LogP contribution in [-0.4, -0.2) is 60.4 Å². The average molecular weight is 3430 g/mol. The van der Waals surface area contributed by atoms with Crippen LogP contribution in [0.1, 0.15) is 18.0 Å². The van der Waals surface area contributed by atoms with Gasteiger partial charge in [0, 0.05) is 17.4 Å². The van der Waals surface area contributed by atoms with Crippen molar-refractivity contribution in [1.82, 2.24) is 0 Å². The van der Waals surface area contributed by atoms with Gasteiger partial charge in [-0.3, -0.25) is 4.79 Å². The van der Waals surface area contributed by atoms with Crippen molar-refractivity contribution in [2.24, 2.45) is 5.73 Å². The maximum absolute atomic E-state index is 10.7. The minimum Gasteiger partial charge on any atom is -0.481 e. The summed E-state index contributed by atoms with van der Waals surface area (Å²) in [5.74, 6) is 0.325. The molecule has 123 heavy (non-hydrogen) atoms. The van der Waals surface area contributed by atoms with Gasteiger partial charge < -0.3 is 15.6 Å². The highest BCUT2D eigenvalue weighted by molar-refractivity contribution is 9.37. The van der Waals surface area contributed by atoms with Gasteiger partial charge in [0.15, 0.2) is 30.2 Å². The number of aliphatic carboxylic acids is 1. The van der Waals surface area contributed by atoms with E-state index in [1.807, 2.05) is 0 Å². The number of ether oxygens (including phenoxy) is 1. The number of benzene rings is 2. The first kappa shape index (κ1) is 160. The van der Waals surface area contributed by atoms with Crippen LogP contribution < -0.4 is 10.5 Å². The van der Waals surface area contributed by atoms with Crippen molar-refractivity contribution in [2.75, 3.05) is 0 Å². The van der Waals surface area contributed by atoms with Gasteiger partial charge in [0.05, 0.1) is 19.2 Å². The fraction of sp³-hybridized carbons (Fsp3) is 0.133. The first-order valence-corrected chi connectivity index (χ1v) is 197. The van der Waals surface area contributed by atoms with Crippen LogP contribution in [-0.2, 0) is 4.79 Å². The molecule has 3 N–H and O–H groups in total. The molecule has 708 valence electrons. The third kappa shape index (κ3) is 56.5. The lowest BCUT2D eigenvalue weighted by molar-refractivity contribution is -0.137. The number of hydrogen-bond donors (Lipinski definition) is 2. The molecule has 0 heterocycles. The van der Waals surface area contributed by atoms with Crippen LogP contribution in [0.25, 0.3) is 0 Å². The summed E-state index contributed by atoms with van der Waals surface area (Å²) in [7, 11) is 191. The Balaban J connectivity index is 0.00000326. The van der Waals surface area contributed by atoms with Gasteiger partial charge in [-0.2, -0.15) is 0 Å². The van der Waals surface area contributed by atoms with Gasteiger partial charge >= 0.3 is 5.97 Å². The molecule has 0 saturated carbocycles. The van der Waals surface area contributed by atoms with Crippen molar-refractivity contribution < 1.29 is 14.6 Å². The second kappa shape index (κ2) is 87.0. The summed E-state index contributed by atoms with van der Waals surface area (Å²) in [6.07, 6.45) is 1.36. The minimum atomic E-state index is -0.929. The Bertz CT molecular complexity index is 2800. The van der Waals surface area contributed by atoms with Crippen LogP contribution in [0.15, 0.2) is 48.5 Å². The molecule has 2 aromatic rings. The van der Waals surface area contributed by atoms with Gasteiger partial charge in [-0.25, -0.2) is 0 Å². The Labute approximate surface area is 923 Å². The Morgan fingerprint density at radius 1 is 0.301 bits per heavy atom. The molecule has 0 saturated heterocycles. The number of rotatable bonds is 55. The summed E-state index contributed by atoms with van der Waals surface area (Å²) < 4.78 is 5.67. The lowest BCUT2D eigenvalue weighted by Crippen LogP contribution is -2.73. The van der Waals surface area contributed by atoms with Crippen molar-refractivity contribution in [1.29, 1.82) is 0 Å². The van der Waals surface area contributed by atoms with Crippen LogP contribution in [0.3, 0.4) is 0 Å². The van der Waals surface area contributed by atoms with E-state index in [0.717, 1.165) is 13.5 Å². The van der Waals surface area contributed by atoms with Crippen LogP contribution in [0.5, 0.6) is 11.5 Å². The maximum Gasteiger partial charge on any atom is 0.305 e. The van der Waals surface area contributed by atoms with E-state index in [9.17, 15) is 4.79 Å². The van der Waals surface area contributed by atoms with Gasteiger partial charge in [-0.15, -0.1) is 464 Å². The monoisotopic (exact) mass is 3430 g/mol. The van der Waals surface area contributed by atoms with E-state index in [2.05, 4.69) is 464 Å². The van der Waals surface area contributed by atoms with Crippen molar-refractivity contribution >= 4 is 835 Å². The summed E-state index contributed by atoms with van der Waals surface area (Å²) in [4.78, 5) is 10.7. The van der Waals surface area contributed by atoms with E-state index in [4.69, 9.17) is 27.2 Å². The topological polar surface area (TPSA) is 72.6 Å². The highest BCUT2D eigenvalue weighted by atomic mass is 35.5.